The molecule has 0 spiro atoms. The van der Waals surface area contributed by atoms with Crippen molar-refractivity contribution in [1.29, 1.82) is 0 Å². The number of rotatable bonds is 8. The highest BCUT2D eigenvalue weighted by atomic mass is 16.7. The molecule has 1 heterocycles. The predicted molar refractivity (Wildman–Crippen MR) is 135 cm³/mol. The summed E-state index contributed by atoms with van der Waals surface area (Å²) in [4.78, 5) is 0. The minimum absolute atomic E-state index is 0.0247. The van der Waals surface area contributed by atoms with Crippen molar-refractivity contribution >= 4 is 6.92 Å². The molecule has 3 aliphatic rings. The van der Waals surface area contributed by atoms with Crippen molar-refractivity contribution in [2.75, 3.05) is 13.7 Å². The zero-order valence-corrected chi connectivity index (χ0v) is 21.0. The molecule has 0 unspecified atom stereocenters. The van der Waals surface area contributed by atoms with Gasteiger partial charge in [-0.2, -0.15) is 0 Å². The molecule has 2 aliphatic carbocycles. The average Bonchev–Trinajstić information content (AvgIpc) is 2.88. The van der Waals surface area contributed by atoms with Crippen molar-refractivity contribution in [3.05, 3.63) is 42.2 Å². The van der Waals surface area contributed by atoms with Crippen LogP contribution in [-0.4, -0.2) is 26.7 Å². The summed E-state index contributed by atoms with van der Waals surface area (Å²) >= 11 is 0. The number of methoxy groups -OCH3 is 1. The lowest BCUT2D eigenvalue weighted by Gasteiger charge is -2.41. The molecule has 33 heavy (non-hydrogen) atoms. The summed E-state index contributed by atoms with van der Waals surface area (Å²) in [5.74, 6) is 3.53. The molecule has 4 nitrogen and oxygen atoms in total. The monoisotopic (exact) mass is 454 g/mol. The van der Waals surface area contributed by atoms with Crippen LogP contribution in [0.3, 0.4) is 0 Å². The summed E-state index contributed by atoms with van der Waals surface area (Å²) in [5, 5.41) is 0. The predicted octanol–water partition coefficient (Wildman–Crippen LogP) is 7.57. The standard InChI is InChI=1S/C28H43BO4/c1-20-19-31-28(23-15-17-26(30-4)18-16-23)32-27(20)21(2)22(3)33-29(24-11-7-5-8-12-24)25-13-9-6-10-14-25/h15-18,20-21,24-25,27-28H,3,5-14,19H2,1-2,4H3/t20-,21-,27-,28-/m0/s1. The molecule has 5 heteroatoms. The van der Waals surface area contributed by atoms with Crippen LogP contribution < -0.4 is 4.74 Å². The highest BCUT2D eigenvalue weighted by molar-refractivity contribution is 6.55. The maximum atomic E-state index is 6.83. The van der Waals surface area contributed by atoms with Crippen LogP contribution in [0.2, 0.25) is 11.6 Å². The normalized spacial score (nSPS) is 28.2. The Morgan fingerprint density at radius 3 is 2.09 bits per heavy atom. The molecule has 0 aromatic heterocycles. The van der Waals surface area contributed by atoms with E-state index in [0.717, 1.165) is 17.1 Å². The second-order valence-corrected chi connectivity index (χ2v) is 10.7. The summed E-state index contributed by atoms with van der Waals surface area (Å²) in [7, 11) is 1.68. The van der Waals surface area contributed by atoms with Crippen LogP contribution in [0.4, 0.5) is 0 Å². The van der Waals surface area contributed by atoms with Crippen molar-refractivity contribution < 1.29 is 18.9 Å². The Morgan fingerprint density at radius 2 is 1.55 bits per heavy atom. The van der Waals surface area contributed by atoms with E-state index < -0.39 is 0 Å². The summed E-state index contributed by atoms with van der Waals surface area (Å²) in [6, 6.07) is 7.96. The van der Waals surface area contributed by atoms with Crippen molar-refractivity contribution in [1.82, 2.24) is 0 Å². The van der Waals surface area contributed by atoms with Gasteiger partial charge in [-0.1, -0.05) is 96.8 Å². The Morgan fingerprint density at radius 1 is 0.970 bits per heavy atom. The van der Waals surface area contributed by atoms with Crippen molar-refractivity contribution in [3.63, 3.8) is 0 Å². The zero-order chi connectivity index (χ0) is 23.2. The molecule has 1 aromatic rings. The van der Waals surface area contributed by atoms with Gasteiger partial charge < -0.3 is 18.9 Å². The second-order valence-electron chi connectivity index (χ2n) is 10.7. The second kappa shape index (κ2) is 11.8. The Balaban J connectivity index is 1.42. The molecule has 1 aromatic carbocycles. The molecular formula is C28H43BO4. The number of benzene rings is 1. The summed E-state index contributed by atoms with van der Waals surface area (Å²) in [5.41, 5.74) is 1.02. The summed E-state index contributed by atoms with van der Waals surface area (Å²) in [6.45, 7) is 9.88. The fraction of sp³-hybridized carbons (Fsp3) is 0.714. The third-order valence-electron chi connectivity index (χ3n) is 8.26. The quantitative estimate of drug-likeness (QED) is 0.300. The maximum absolute atomic E-state index is 6.83. The van der Waals surface area contributed by atoms with Gasteiger partial charge in [-0.3, -0.25) is 0 Å². The van der Waals surface area contributed by atoms with Gasteiger partial charge in [0.15, 0.2) is 6.29 Å². The maximum Gasteiger partial charge on any atom is 0.363 e. The summed E-state index contributed by atoms with van der Waals surface area (Å²) < 4.78 is 24.7. The first-order chi connectivity index (χ1) is 16.1. The van der Waals surface area contributed by atoms with Crippen LogP contribution in [0.15, 0.2) is 36.6 Å². The van der Waals surface area contributed by atoms with E-state index in [1.165, 1.54) is 64.2 Å². The van der Waals surface area contributed by atoms with Gasteiger partial charge >= 0.3 is 6.92 Å². The van der Waals surface area contributed by atoms with Gasteiger partial charge in [-0.15, -0.1) is 0 Å². The summed E-state index contributed by atoms with van der Waals surface area (Å²) in [6.07, 6.45) is 13.1. The Hall–Kier alpha value is -1.46. The van der Waals surface area contributed by atoms with Crippen molar-refractivity contribution in [3.8, 4) is 5.75 Å². The van der Waals surface area contributed by atoms with E-state index in [1.807, 2.05) is 24.3 Å². The molecule has 0 amide bonds. The van der Waals surface area contributed by atoms with E-state index in [9.17, 15) is 0 Å². The van der Waals surface area contributed by atoms with Gasteiger partial charge in [0.25, 0.3) is 0 Å². The number of ether oxygens (including phenoxy) is 3. The van der Waals surface area contributed by atoms with Crippen molar-refractivity contribution in [2.24, 2.45) is 11.8 Å². The Bertz CT molecular complexity index is 721. The largest absolute Gasteiger partial charge is 0.563 e. The lowest BCUT2D eigenvalue weighted by Crippen LogP contribution is -2.41. The van der Waals surface area contributed by atoms with Crippen LogP contribution in [0.1, 0.15) is 89.9 Å². The van der Waals surface area contributed by atoms with E-state index in [4.69, 9.17) is 18.9 Å². The lowest BCUT2D eigenvalue weighted by molar-refractivity contribution is -0.248. The van der Waals surface area contributed by atoms with Gasteiger partial charge in [0, 0.05) is 17.4 Å². The third kappa shape index (κ3) is 6.16. The van der Waals surface area contributed by atoms with Gasteiger partial charge in [0.05, 0.1) is 25.6 Å². The molecule has 182 valence electrons. The molecule has 4 rings (SSSR count). The van der Waals surface area contributed by atoms with Crippen LogP contribution in [0.25, 0.3) is 0 Å². The smallest absolute Gasteiger partial charge is 0.363 e. The fourth-order valence-electron chi connectivity index (χ4n) is 6.16. The van der Waals surface area contributed by atoms with Crippen LogP contribution in [0, 0.1) is 11.8 Å². The molecule has 2 saturated carbocycles. The highest BCUT2D eigenvalue weighted by Gasteiger charge is 2.41. The SMILES string of the molecule is C=C(OB(C1CCCCC1)C1CCCCC1)[C@H](C)[C@H]1O[C@@H](c2ccc(OC)cc2)OC[C@@H]1C. The number of hydrogen-bond donors (Lipinski definition) is 0. The van der Waals surface area contributed by atoms with Crippen LogP contribution >= 0.6 is 0 Å². The average molecular weight is 454 g/mol. The first kappa shape index (κ1) is 24.7. The van der Waals surface area contributed by atoms with E-state index >= 15 is 0 Å². The van der Waals surface area contributed by atoms with Crippen LogP contribution in [0.5, 0.6) is 5.75 Å². The third-order valence-corrected chi connectivity index (χ3v) is 8.26. The van der Waals surface area contributed by atoms with Crippen LogP contribution in [-0.2, 0) is 14.1 Å². The van der Waals surface area contributed by atoms with E-state index in [-0.39, 0.29) is 24.2 Å². The minimum atomic E-state index is -0.361. The molecule has 0 N–H and O–H groups in total. The lowest BCUT2D eigenvalue weighted by atomic mass is 9.41. The van der Waals surface area contributed by atoms with Gasteiger partial charge in [-0.25, -0.2) is 0 Å². The van der Waals surface area contributed by atoms with E-state index in [2.05, 4.69) is 20.4 Å². The fourth-order valence-corrected chi connectivity index (χ4v) is 6.16. The molecule has 1 saturated heterocycles. The highest BCUT2D eigenvalue weighted by Crippen LogP contribution is 2.44. The first-order valence-electron chi connectivity index (χ1n) is 13.3. The first-order valence-corrected chi connectivity index (χ1v) is 13.3. The Labute approximate surface area is 201 Å². The Kier molecular flexibility index (Phi) is 8.81. The molecule has 3 fully saturated rings. The van der Waals surface area contributed by atoms with Gasteiger partial charge in [0.1, 0.15) is 5.75 Å². The zero-order valence-electron chi connectivity index (χ0n) is 21.0. The molecule has 1 aliphatic heterocycles. The minimum Gasteiger partial charge on any atom is -0.563 e. The topological polar surface area (TPSA) is 36.9 Å². The van der Waals surface area contributed by atoms with Gasteiger partial charge in [0.2, 0.25) is 0 Å². The van der Waals surface area contributed by atoms with E-state index in [0.29, 0.717) is 25.2 Å². The molecule has 0 radical (unpaired) electrons. The number of hydrogen-bond acceptors (Lipinski definition) is 4. The molecular weight excluding hydrogens is 411 g/mol. The molecule has 0 bridgehead atoms. The molecule has 4 atom stereocenters. The van der Waals surface area contributed by atoms with Gasteiger partial charge in [-0.05, 0) is 23.8 Å². The van der Waals surface area contributed by atoms with Crippen molar-refractivity contribution in [2.45, 2.75) is 102 Å². The van der Waals surface area contributed by atoms with E-state index in [1.54, 1.807) is 7.11 Å².